The maximum atomic E-state index is 8.54. The predicted molar refractivity (Wildman–Crippen MR) is 61.2 cm³/mol. The Labute approximate surface area is 90.2 Å². The Hall–Kier alpha value is -0.690. The summed E-state index contributed by atoms with van der Waals surface area (Å²) in [7, 11) is 0. The van der Waals surface area contributed by atoms with Crippen LogP contribution in [0, 0.1) is 16.9 Å². The van der Waals surface area contributed by atoms with Gasteiger partial charge in [-0.15, -0.1) is 4.99 Å². The van der Waals surface area contributed by atoms with Gasteiger partial charge in [0.1, 0.15) is 0 Å². The average molecular weight is 211 g/mol. The Kier molecular flexibility index (Phi) is 3.82. The van der Waals surface area contributed by atoms with Crippen molar-refractivity contribution in [2.75, 3.05) is 19.3 Å². The molecule has 1 fully saturated rings. The van der Waals surface area contributed by atoms with Crippen molar-refractivity contribution in [1.82, 2.24) is 4.90 Å². The summed E-state index contributed by atoms with van der Waals surface area (Å²) in [6, 6.07) is 0. The van der Waals surface area contributed by atoms with Gasteiger partial charge in [-0.1, -0.05) is 25.6 Å². The summed E-state index contributed by atoms with van der Waals surface area (Å²) < 4.78 is 0. The van der Waals surface area contributed by atoms with E-state index in [0.29, 0.717) is 5.41 Å². The molecule has 4 heteroatoms. The van der Waals surface area contributed by atoms with Crippen LogP contribution in [0.5, 0.6) is 0 Å². The molecule has 1 unspecified atom stereocenters. The molecule has 1 aliphatic rings. The Morgan fingerprint density at radius 1 is 1.71 bits per heavy atom. The van der Waals surface area contributed by atoms with Crippen molar-refractivity contribution in [3.05, 3.63) is 0 Å². The first-order valence-corrected chi connectivity index (χ1v) is 6.13. The molecule has 0 N–H and O–H groups in total. The number of hydrogen-bond donors (Lipinski definition) is 0. The van der Waals surface area contributed by atoms with Gasteiger partial charge in [-0.05, 0) is 24.5 Å². The third-order valence-electron chi connectivity index (χ3n) is 3.01. The van der Waals surface area contributed by atoms with Gasteiger partial charge in [0.25, 0.3) is 0 Å². The molecule has 1 heterocycles. The smallest absolute Gasteiger partial charge is 0.208 e. The van der Waals surface area contributed by atoms with Crippen molar-refractivity contribution >= 4 is 16.9 Å². The van der Waals surface area contributed by atoms with Gasteiger partial charge in [0.2, 0.25) is 6.19 Å². The van der Waals surface area contributed by atoms with Crippen LogP contribution in [0.1, 0.15) is 26.7 Å². The highest BCUT2D eigenvalue weighted by Crippen LogP contribution is 2.34. The molecule has 0 aromatic carbocycles. The average Bonchev–Trinajstić information content (AvgIpc) is 2.58. The van der Waals surface area contributed by atoms with Gasteiger partial charge < -0.3 is 4.90 Å². The number of aliphatic imine (C=N–C) groups is 1. The zero-order chi connectivity index (χ0) is 10.6. The molecule has 0 saturated carbocycles. The van der Waals surface area contributed by atoms with Crippen LogP contribution in [-0.2, 0) is 0 Å². The molecule has 0 amide bonds. The Bertz CT molecular complexity index is 269. The summed E-state index contributed by atoms with van der Waals surface area (Å²) in [6.45, 7) is 6.59. The van der Waals surface area contributed by atoms with Crippen LogP contribution in [-0.4, -0.2) is 29.4 Å². The monoisotopic (exact) mass is 211 g/mol. The zero-order valence-electron chi connectivity index (χ0n) is 9.08. The van der Waals surface area contributed by atoms with Crippen LogP contribution in [0.2, 0.25) is 0 Å². The van der Waals surface area contributed by atoms with E-state index in [2.05, 4.69) is 23.7 Å². The minimum Gasteiger partial charge on any atom is -0.350 e. The maximum absolute atomic E-state index is 8.54. The molecule has 1 rings (SSSR count). The third-order valence-corrected chi connectivity index (χ3v) is 3.72. The summed E-state index contributed by atoms with van der Waals surface area (Å²) in [5.41, 5.74) is 0.409. The number of hydrogen-bond acceptors (Lipinski definition) is 3. The summed E-state index contributed by atoms with van der Waals surface area (Å²) in [4.78, 5) is 6.06. The van der Waals surface area contributed by atoms with E-state index in [4.69, 9.17) is 5.26 Å². The number of amidine groups is 1. The fourth-order valence-electron chi connectivity index (χ4n) is 1.76. The van der Waals surface area contributed by atoms with Crippen LogP contribution >= 0.6 is 11.8 Å². The fourth-order valence-corrected chi connectivity index (χ4v) is 2.31. The van der Waals surface area contributed by atoms with Crippen molar-refractivity contribution in [2.45, 2.75) is 26.7 Å². The lowest BCUT2D eigenvalue weighted by molar-refractivity contribution is 0.326. The lowest BCUT2D eigenvalue weighted by Gasteiger charge is -2.23. The Balaban J connectivity index is 2.66. The molecule has 0 bridgehead atoms. The van der Waals surface area contributed by atoms with E-state index in [1.165, 1.54) is 12.8 Å². The first-order valence-electron chi connectivity index (χ1n) is 4.91. The third kappa shape index (κ3) is 2.42. The van der Waals surface area contributed by atoms with Crippen molar-refractivity contribution in [3.8, 4) is 6.19 Å². The van der Waals surface area contributed by atoms with E-state index < -0.39 is 0 Å². The van der Waals surface area contributed by atoms with Crippen molar-refractivity contribution in [1.29, 1.82) is 5.26 Å². The Morgan fingerprint density at radius 2 is 2.43 bits per heavy atom. The second-order valence-corrected chi connectivity index (χ2v) is 4.81. The highest BCUT2D eigenvalue weighted by atomic mass is 32.2. The van der Waals surface area contributed by atoms with Crippen molar-refractivity contribution < 1.29 is 0 Å². The molecule has 14 heavy (non-hydrogen) atoms. The summed E-state index contributed by atoms with van der Waals surface area (Å²) in [6.07, 6.45) is 6.23. The van der Waals surface area contributed by atoms with Gasteiger partial charge in [-0.3, -0.25) is 0 Å². The summed E-state index contributed by atoms with van der Waals surface area (Å²) >= 11 is 1.56. The molecule has 1 atom stereocenters. The molecule has 0 radical (unpaired) electrons. The van der Waals surface area contributed by atoms with E-state index in [9.17, 15) is 0 Å². The molecule has 3 nitrogen and oxygen atoms in total. The molecular weight excluding hydrogens is 194 g/mol. The zero-order valence-corrected chi connectivity index (χ0v) is 9.89. The van der Waals surface area contributed by atoms with Crippen molar-refractivity contribution in [2.24, 2.45) is 10.4 Å². The second kappa shape index (κ2) is 4.70. The molecule has 0 aromatic rings. The van der Waals surface area contributed by atoms with E-state index in [0.717, 1.165) is 18.3 Å². The van der Waals surface area contributed by atoms with Crippen LogP contribution in [0.15, 0.2) is 4.99 Å². The van der Waals surface area contributed by atoms with Gasteiger partial charge in [0, 0.05) is 13.1 Å². The first kappa shape index (κ1) is 11.4. The largest absolute Gasteiger partial charge is 0.350 e. The number of rotatable bonds is 1. The minimum atomic E-state index is 0.409. The van der Waals surface area contributed by atoms with E-state index in [1.807, 2.05) is 12.4 Å². The Morgan fingerprint density at radius 3 is 2.86 bits per heavy atom. The van der Waals surface area contributed by atoms with Crippen molar-refractivity contribution in [3.63, 3.8) is 0 Å². The number of thioether (sulfide) groups is 1. The van der Waals surface area contributed by atoms with Crippen LogP contribution in [0.3, 0.4) is 0 Å². The van der Waals surface area contributed by atoms with Gasteiger partial charge >= 0.3 is 0 Å². The van der Waals surface area contributed by atoms with Crippen LogP contribution in [0.25, 0.3) is 0 Å². The molecule has 1 aliphatic heterocycles. The lowest BCUT2D eigenvalue weighted by Crippen LogP contribution is -2.28. The predicted octanol–water partition coefficient (Wildman–Crippen LogP) is 2.31. The number of nitriles is 1. The topological polar surface area (TPSA) is 39.4 Å². The quantitative estimate of drug-likeness (QED) is 0.379. The summed E-state index contributed by atoms with van der Waals surface area (Å²) in [5, 5.41) is 9.40. The van der Waals surface area contributed by atoms with Crippen LogP contribution in [0.4, 0.5) is 0 Å². The molecule has 1 saturated heterocycles. The standard InChI is InChI=1S/C10H17N3S/c1-4-10(2)5-6-13(7-10)9(14-3)12-8-11/h4-7H2,1-3H3. The molecule has 0 spiro atoms. The maximum Gasteiger partial charge on any atom is 0.208 e. The molecule has 78 valence electrons. The normalized spacial score (nSPS) is 27.9. The van der Waals surface area contributed by atoms with Gasteiger partial charge in [0.05, 0.1) is 0 Å². The first-order chi connectivity index (χ1) is 6.65. The lowest BCUT2D eigenvalue weighted by atomic mass is 9.87. The summed E-state index contributed by atoms with van der Waals surface area (Å²) in [5.74, 6) is 0. The second-order valence-electron chi connectivity index (χ2n) is 4.03. The number of nitrogens with zero attached hydrogens (tertiary/aromatic N) is 3. The molecule has 0 aromatic heterocycles. The van der Waals surface area contributed by atoms with E-state index in [-0.39, 0.29) is 0 Å². The SMILES string of the molecule is CCC1(C)CCN(C(=NC#N)SC)C1. The van der Waals surface area contributed by atoms with Crippen LogP contribution < -0.4 is 0 Å². The number of likely N-dealkylation sites (tertiary alicyclic amines) is 1. The fraction of sp³-hybridized carbons (Fsp3) is 0.800. The molecular formula is C10H17N3S. The highest BCUT2D eigenvalue weighted by molar-refractivity contribution is 8.13. The van der Waals surface area contributed by atoms with E-state index >= 15 is 0 Å². The molecule has 0 aliphatic carbocycles. The van der Waals surface area contributed by atoms with Gasteiger partial charge in [-0.25, -0.2) is 0 Å². The van der Waals surface area contributed by atoms with E-state index in [1.54, 1.807) is 11.8 Å². The minimum absolute atomic E-state index is 0.409. The van der Waals surface area contributed by atoms with Gasteiger partial charge in [0.15, 0.2) is 5.17 Å². The van der Waals surface area contributed by atoms with Gasteiger partial charge in [-0.2, -0.15) is 5.26 Å². The highest BCUT2D eigenvalue weighted by Gasteiger charge is 2.33.